The molecule has 2 atom stereocenters. The predicted molar refractivity (Wildman–Crippen MR) is 239 cm³/mol. The number of nitrogens with zero attached hydrogens (tertiary/aromatic N) is 9. The lowest BCUT2D eigenvalue weighted by Gasteiger charge is -2.13. The van der Waals surface area contributed by atoms with Crippen LogP contribution in [0.25, 0.3) is 21.5 Å². The van der Waals surface area contributed by atoms with E-state index in [9.17, 15) is 57.0 Å². The molecule has 5 aromatic rings. The Morgan fingerprint density at radius 3 is 1.33 bits per heavy atom. The van der Waals surface area contributed by atoms with E-state index >= 15 is 0 Å². The van der Waals surface area contributed by atoms with Crippen LogP contribution >= 0.6 is 0 Å². The van der Waals surface area contributed by atoms with Crippen molar-refractivity contribution in [1.82, 2.24) is 15.0 Å². The summed E-state index contributed by atoms with van der Waals surface area (Å²) in [6.07, 6.45) is 9.65. The Hall–Kier alpha value is -6.69. The van der Waals surface area contributed by atoms with Crippen molar-refractivity contribution in [3.63, 3.8) is 0 Å². The van der Waals surface area contributed by atoms with Gasteiger partial charge in [0.25, 0.3) is 52.4 Å². The Morgan fingerprint density at radius 1 is 0.561 bits per heavy atom. The zero-order chi connectivity index (χ0) is 47.8. The highest BCUT2D eigenvalue weighted by Crippen LogP contribution is 2.35. The number of rotatable bonds is 13. The SMILES string of the molecule is CC1=CC(=Nc2nc(N=C3C=C[C@@H](N=Nc4cc(S(=O)(=O)O)c5cccc(S(=O)(=O)O)c5c4)C(C)=C3)nc(NCCO)n2)C=C[C@H]1N=Nc1cc(S(=O)(=O)O)c2cccc(S(=O)(=O)O)c2c1. The summed E-state index contributed by atoms with van der Waals surface area (Å²) in [6.45, 7) is 3.23. The lowest BCUT2D eigenvalue weighted by atomic mass is 10.0. The zero-order valence-corrected chi connectivity index (χ0v) is 37.2. The number of aliphatic hydroxyl groups excluding tert-OH is 1. The summed E-state index contributed by atoms with van der Waals surface area (Å²) in [4.78, 5) is 19.5. The molecule has 0 saturated carbocycles. The molecule has 23 nitrogen and oxygen atoms in total. The summed E-state index contributed by atoms with van der Waals surface area (Å²) >= 11 is 0. The summed E-state index contributed by atoms with van der Waals surface area (Å²) < 4.78 is 136. The van der Waals surface area contributed by atoms with Gasteiger partial charge in [0, 0.05) is 28.1 Å². The number of nitrogens with one attached hydrogen (secondary N) is 1. The van der Waals surface area contributed by atoms with E-state index in [2.05, 4.69) is 50.7 Å². The maximum atomic E-state index is 12.2. The van der Waals surface area contributed by atoms with Crippen LogP contribution in [0.15, 0.2) is 158 Å². The normalized spacial score (nSPS) is 18.5. The van der Waals surface area contributed by atoms with Gasteiger partial charge in [-0.1, -0.05) is 36.4 Å². The molecule has 0 saturated heterocycles. The third-order valence-electron chi connectivity index (χ3n) is 9.56. The number of aliphatic hydroxyl groups is 1. The van der Waals surface area contributed by atoms with Crippen LogP contribution in [0.2, 0.25) is 0 Å². The molecule has 1 heterocycles. The maximum Gasteiger partial charge on any atom is 0.295 e. The second kappa shape index (κ2) is 18.3. The molecule has 0 bridgehead atoms. The second-order valence-corrected chi connectivity index (χ2v) is 19.8. The lowest BCUT2D eigenvalue weighted by Crippen LogP contribution is -2.11. The molecule has 2 aliphatic carbocycles. The molecule has 27 heteroatoms. The van der Waals surface area contributed by atoms with Crippen molar-refractivity contribution in [1.29, 1.82) is 0 Å². The number of azo groups is 2. The van der Waals surface area contributed by atoms with E-state index in [1.165, 1.54) is 36.4 Å². The highest BCUT2D eigenvalue weighted by atomic mass is 32.2. The van der Waals surface area contributed by atoms with Gasteiger partial charge in [0.2, 0.25) is 5.95 Å². The Morgan fingerprint density at radius 2 is 0.970 bits per heavy atom. The summed E-state index contributed by atoms with van der Waals surface area (Å²) in [5.41, 5.74) is 1.65. The highest BCUT2D eigenvalue weighted by Gasteiger charge is 2.24. The molecule has 0 radical (unpaired) electrons. The van der Waals surface area contributed by atoms with Crippen LogP contribution in [0.5, 0.6) is 0 Å². The smallest absolute Gasteiger partial charge is 0.295 e. The van der Waals surface area contributed by atoms with E-state index in [4.69, 9.17) is 0 Å². The first kappa shape index (κ1) is 47.3. The van der Waals surface area contributed by atoms with Gasteiger partial charge in [-0.3, -0.25) is 18.2 Å². The fourth-order valence-corrected chi connectivity index (χ4v) is 9.46. The average molecular weight is 979 g/mol. The first-order valence-electron chi connectivity index (χ1n) is 18.8. The van der Waals surface area contributed by atoms with Gasteiger partial charge in [-0.2, -0.15) is 69.1 Å². The van der Waals surface area contributed by atoms with Gasteiger partial charge in [-0.25, -0.2) is 9.98 Å². The first-order valence-corrected chi connectivity index (χ1v) is 24.6. The number of hydrogen-bond acceptors (Lipinski definition) is 19. The van der Waals surface area contributed by atoms with E-state index in [1.807, 2.05) is 0 Å². The molecule has 66 heavy (non-hydrogen) atoms. The molecule has 7 rings (SSSR count). The van der Waals surface area contributed by atoms with Crippen LogP contribution in [-0.2, 0) is 40.5 Å². The Labute approximate surface area is 375 Å². The minimum Gasteiger partial charge on any atom is -0.395 e. The molecule has 342 valence electrons. The van der Waals surface area contributed by atoms with Gasteiger partial charge in [-0.05, 0) is 85.7 Å². The molecular formula is C39H34N10O13S4. The molecule has 0 fully saturated rings. The van der Waals surface area contributed by atoms with Crippen molar-refractivity contribution in [2.75, 3.05) is 18.5 Å². The topological polar surface area (TPSA) is 363 Å². The number of aromatic nitrogens is 3. The molecule has 4 aromatic carbocycles. The summed E-state index contributed by atoms with van der Waals surface area (Å²) in [7, 11) is -19.3. The predicted octanol–water partition coefficient (Wildman–Crippen LogP) is 6.05. The van der Waals surface area contributed by atoms with Crippen LogP contribution in [-0.4, -0.2) is 109 Å². The van der Waals surface area contributed by atoms with E-state index in [-0.39, 0.29) is 63.9 Å². The molecule has 0 amide bonds. The fraction of sp³-hybridized carbons (Fsp3) is 0.154. The number of allylic oxidation sites excluding steroid dienone is 4. The van der Waals surface area contributed by atoms with E-state index in [0.29, 0.717) is 22.6 Å². The molecule has 1 aromatic heterocycles. The minimum absolute atomic E-state index is 0.0330. The minimum atomic E-state index is -4.87. The molecular weight excluding hydrogens is 945 g/mol. The largest absolute Gasteiger partial charge is 0.395 e. The van der Waals surface area contributed by atoms with Gasteiger partial charge in [0.05, 0.1) is 29.4 Å². The van der Waals surface area contributed by atoms with Crippen molar-refractivity contribution in [3.05, 3.63) is 108 Å². The summed E-state index contributed by atoms with van der Waals surface area (Å²) in [6, 6.07) is 10.1. The molecule has 0 spiro atoms. The van der Waals surface area contributed by atoms with Crippen molar-refractivity contribution < 1.29 is 57.0 Å². The van der Waals surface area contributed by atoms with E-state index in [0.717, 1.165) is 24.3 Å². The molecule has 6 N–H and O–H groups in total. The Bertz CT molecular complexity index is 3340. The van der Waals surface area contributed by atoms with Gasteiger partial charge in [-0.15, -0.1) is 0 Å². The van der Waals surface area contributed by atoms with Crippen molar-refractivity contribution in [2.45, 2.75) is 45.5 Å². The van der Waals surface area contributed by atoms with Crippen LogP contribution in [0, 0.1) is 0 Å². The molecule has 0 aliphatic heterocycles. The number of hydrogen-bond donors (Lipinski definition) is 6. The lowest BCUT2D eigenvalue weighted by molar-refractivity contribution is 0.310. The molecule has 0 unspecified atom stereocenters. The van der Waals surface area contributed by atoms with Crippen LogP contribution in [0.3, 0.4) is 0 Å². The molecule has 2 aliphatic rings. The maximum absolute atomic E-state index is 12.2. The van der Waals surface area contributed by atoms with Gasteiger partial charge in [0.1, 0.15) is 31.7 Å². The van der Waals surface area contributed by atoms with Crippen molar-refractivity contribution in [3.8, 4) is 0 Å². The number of aliphatic imine (C=N–C) groups is 2. The van der Waals surface area contributed by atoms with Gasteiger partial charge in [0.15, 0.2) is 0 Å². The average Bonchev–Trinajstić information content (AvgIpc) is 3.22. The number of fused-ring (bicyclic) bond motifs is 2. The third kappa shape index (κ3) is 10.9. The Kier molecular flexibility index (Phi) is 13.1. The van der Waals surface area contributed by atoms with Crippen LogP contribution in [0.4, 0.5) is 29.2 Å². The number of anilines is 1. The Balaban J connectivity index is 1.13. The monoisotopic (exact) mass is 978 g/mol. The van der Waals surface area contributed by atoms with E-state index < -0.39 is 72.1 Å². The van der Waals surface area contributed by atoms with Crippen LogP contribution in [0.1, 0.15) is 13.8 Å². The first-order chi connectivity index (χ1) is 31.0. The van der Waals surface area contributed by atoms with E-state index in [1.54, 1.807) is 50.3 Å². The summed E-state index contributed by atoms with van der Waals surface area (Å²) in [5.74, 6) is -0.132. The van der Waals surface area contributed by atoms with Gasteiger partial charge < -0.3 is 10.4 Å². The van der Waals surface area contributed by atoms with Gasteiger partial charge >= 0.3 is 0 Å². The summed E-state index contributed by atoms with van der Waals surface area (Å²) in [5, 5.41) is 28.2. The highest BCUT2D eigenvalue weighted by molar-refractivity contribution is 7.87. The quantitative estimate of drug-likeness (QED) is 0.0577. The fourth-order valence-electron chi connectivity index (χ4n) is 6.62. The van der Waals surface area contributed by atoms with Crippen molar-refractivity contribution >= 4 is 103 Å². The number of benzene rings is 4. The van der Waals surface area contributed by atoms with Crippen LogP contribution < -0.4 is 5.32 Å². The van der Waals surface area contributed by atoms with Crippen molar-refractivity contribution in [2.24, 2.45) is 30.4 Å². The second-order valence-electron chi connectivity index (χ2n) is 14.3. The standard InChI is InChI=1S/C39H34N10O13S4/c1-21-15-23(9-11-31(21)48-46-25-17-29-27(35(19-25)65(57,58)59)5-3-7-33(29)63(51,52)53)41-38-43-37(40-13-14-50)44-39(45-38)42-24-10-12-32(22(2)16-24)49-47-26-18-30-28(36(20-26)66(60,61)62)6-4-8-34(30)64(54,55)56/h3-12,15-20,31-32,50H,13-14H2,1-2H3,(H,51,52,53)(H,54,55,56)(H,57,58,59)(H,60,61,62)(H,40,43,44,45)/t31-,32-/m1/s1. The third-order valence-corrected chi connectivity index (χ3v) is 13.2. The zero-order valence-electron chi connectivity index (χ0n) is 34.0.